The molecule has 0 aliphatic carbocycles. The number of carbonyl (C=O) groups is 1. The number of hydrogen-bond acceptors (Lipinski definition) is 7. The predicted octanol–water partition coefficient (Wildman–Crippen LogP) is 4.55. The van der Waals surface area contributed by atoms with Crippen LogP contribution in [0.1, 0.15) is 19.3 Å². The lowest BCUT2D eigenvalue weighted by Gasteiger charge is -2.27. The van der Waals surface area contributed by atoms with Crippen molar-refractivity contribution in [3.05, 3.63) is 63.7 Å². The Morgan fingerprint density at radius 2 is 1.88 bits per heavy atom. The number of benzene rings is 2. The smallest absolute Gasteiger partial charge is 0.271 e. The molecule has 0 spiro atoms. The number of nitro groups is 1. The highest BCUT2D eigenvalue weighted by atomic mass is 35.5. The molecule has 1 aliphatic heterocycles. The molecule has 0 unspecified atom stereocenters. The molecule has 4 rings (SSSR count). The first-order valence-corrected chi connectivity index (χ1v) is 11.5. The van der Waals surface area contributed by atoms with Gasteiger partial charge in [0, 0.05) is 25.2 Å². The summed E-state index contributed by atoms with van der Waals surface area (Å²) >= 11 is 7.34. The summed E-state index contributed by atoms with van der Waals surface area (Å²) in [7, 11) is 0. The number of aromatic nitrogens is 3. The summed E-state index contributed by atoms with van der Waals surface area (Å²) in [6.07, 6.45) is 3.44. The van der Waals surface area contributed by atoms with Crippen LogP contribution in [-0.4, -0.2) is 44.4 Å². The van der Waals surface area contributed by atoms with Gasteiger partial charge in [-0.15, -0.1) is 10.2 Å². The molecule has 1 aromatic heterocycles. The van der Waals surface area contributed by atoms with Gasteiger partial charge < -0.3 is 10.2 Å². The lowest BCUT2D eigenvalue weighted by atomic mass is 10.1. The van der Waals surface area contributed by atoms with Gasteiger partial charge in [-0.25, -0.2) is 0 Å². The molecule has 3 aromatic rings. The number of piperidine rings is 1. The number of carbonyl (C=O) groups excluding carboxylic acids is 1. The van der Waals surface area contributed by atoms with Crippen LogP contribution >= 0.6 is 23.4 Å². The number of thioether (sulfide) groups is 1. The normalized spacial score (nSPS) is 13.7. The number of non-ortho nitro benzene ring substituents is 1. The Bertz CT molecular complexity index is 1120. The van der Waals surface area contributed by atoms with E-state index in [0.717, 1.165) is 37.6 Å². The molecule has 0 atom stereocenters. The van der Waals surface area contributed by atoms with Crippen molar-refractivity contribution >= 4 is 46.6 Å². The van der Waals surface area contributed by atoms with Gasteiger partial charge in [-0.2, -0.15) is 0 Å². The molecule has 2 aromatic carbocycles. The highest BCUT2D eigenvalue weighted by Gasteiger charge is 2.22. The zero-order valence-corrected chi connectivity index (χ0v) is 18.7. The Morgan fingerprint density at radius 3 is 2.56 bits per heavy atom. The molecule has 0 saturated carbocycles. The van der Waals surface area contributed by atoms with Gasteiger partial charge in [-0.1, -0.05) is 41.6 Å². The number of para-hydroxylation sites is 1. The second-order valence-corrected chi connectivity index (χ2v) is 8.61. The topological polar surface area (TPSA) is 106 Å². The van der Waals surface area contributed by atoms with Crippen molar-refractivity contribution in [3.63, 3.8) is 0 Å². The lowest BCUT2D eigenvalue weighted by Crippen LogP contribution is -2.31. The molecule has 1 saturated heterocycles. The second-order valence-electron chi connectivity index (χ2n) is 7.26. The van der Waals surface area contributed by atoms with E-state index in [1.807, 2.05) is 34.9 Å². The fraction of sp³-hybridized carbons (Fsp3) is 0.286. The van der Waals surface area contributed by atoms with E-state index in [1.54, 1.807) is 0 Å². The summed E-state index contributed by atoms with van der Waals surface area (Å²) in [6.45, 7) is 1.85. The number of nitrogens with one attached hydrogen (secondary N) is 1. The van der Waals surface area contributed by atoms with Crippen molar-refractivity contribution in [1.82, 2.24) is 14.8 Å². The monoisotopic (exact) mass is 472 g/mol. The Labute approximate surface area is 193 Å². The van der Waals surface area contributed by atoms with Crippen molar-refractivity contribution in [2.75, 3.05) is 29.1 Å². The lowest BCUT2D eigenvalue weighted by molar-refractivity contribution is -0.384. The maximum absolute atomic E-state index is 12.5. The second kappa shape index (κ2) is 10.0. The highest BCUT2D eigenvalue weighted by molar-refractivity contribution is 7.99. The SMILES string of the molecule is O=C(CSc1nnc(N2CCCCC2)n1-c1ccccc1)Nc1ccc([N+](=O)[O-])cc1Cl. The summed E-state index contributed by atoms with van der Waals surface area (Å²) in [5.74, 6) is 0.559. The average Bonchev–Trinajstić information content (AvgIpc) is 3.24. The minimum absolute atomic E-state index is 0.0816. The Balaban J connectivity index is 1.50. The van der Waals surface area contributed by atoms with Crippen molar-refractivity contribution in [3.8, 4) is 5.69 Å². The number of amides is 1. The number of rotatable bonds is 7. The minimum Gasteiger partial charge on any atom is -0.341 e. The third-order valence-electron chi connectivity index (χ3n) is 5.04. The van der Waals surface area contributed by atoms with Gasteiger partial charge in [0.2, 0.25) is 11.9 Å². The van der Waals surface area contributed by atoms with Crippen LogP contribution < -0.4 is 10.2 Å². The van der Waals surface area contributed by atoms with Crippen LogP contribution in [0, 0.1) is 10.1 Å². The molecule has 1 amide bonds. The van der Waals surface area contributed by atoms with Crippen molar-refractivity contribution in [1.29, 1.82) is 0 Å². The first-order valence-electron chi connectivity index (χ1n) is 10.2. The van der Waals surface area contributed by atoms with E-state index in [1.165, 1.54) is 36.4 Å². The number of anilines is 2. The molecule has 32 heavy (non-hydrogen) atoms. The standard InChI is InChI=1S/C21H21ClN6O3S/c22-17-13-16(28(30)31)9-10-18(17)23-19(29)14-32-21-25-24-20(26-11-5-2-6-12-26)27(21)15-7-3-1-4-8-15/h1,3-4,7-10,13H,2,5-6,11-12,14H2,(H,23,29). The van der Waals surface area contributed by atoms with Crippen LogP contribution in [0.2, 0.25) is 5.02 Å². The van der Waals surface area contributed by atoms with E-state index in [0.29, 0.717) is 10.8 Å². The molecule has 9 nitrogen and oxygen atoms in total. The molecule has 2 heterocycles. The van der Waals surface area contributed by atoms with Crippen molar-refractivity contribution in [2.24, 2.45) is 0 Å². The number of nitrogens with zero attached hydrogens (tertiary/aromatic N) is 5. The van der Waals surface area contributed by atoms with Gasteiger partial charge in [-0.3, -0.25) is 19.5 Å². The van der Waals surface area contributed by atoms with Crippen LogP contribution in [0.15, 0.2) is 53.7 Å². The number of nitro benzene ring substituents is 1. The van der Waals surface area contributed by atoms with E-state index in [4.69, 9.17) is 11.6 Å². The molecule has 1 fully saturated rings. The zero-order chi connectivity index (χ0) is 22.5. The summed E-state index contributed by atoms with van der Waals surface area (Å²) < 4.78 is 1.97. The van der Waals surface area contributed by atoms with E-state index in [9.17, 15) is 14.9 Å². The quantitative estimate of drug-likeness (QED) is 0.305. The van der Waals surface area contributed by atoms with Gasteiger partial charge in [0.15, 0.2) is 5.16 Å². The predicted molar refractivity (Wildman–Crippen MR) is 125 cm³/mol. The van der Waals surface area contributed by atoms with Crippen molar-refractivity contribution in [2.45, 2.75) is 24.4 Å². The first kappa shape index (κ1) is 22.1. The van der Waals surface area contributed by atoms with E-state index in [2.05, 4.69) is 20.4 Å². The zero-order valence-electron chi connectivity index (χ0n) is 17.1. The molecule has 0 radical (unpaired) electrons. The molecular weight excluding hydrogens is 452 g/mol. The molecule has 1 aliphatic rings. The van der Waals surface area contributed by atoms with Crippen LogP contribution in [0.3, 0.4) is 0 Å². The summed E-state index contributed by atoms with van der Waals surface area (Å²) in [5.41, 5.74) is 1.12. The maximum atomic E-state index is 12.5. The average molecular weight is 473 g/mol. The Morgan fingerprint density at radius 1 is 1.12 bits per heavy atom. The first-order chi connectivity index (χ1) is 15.5. The Hall–Kier alpha value is -3.11. The third-order valence-corrected chi connectivity index (χ3v) is 6.28. The summed E-state index contributed by atoms with van der Waals surface area (Å²) in [5, 5.41) is 23.0. The maximum Gasteiger partial charge on any atom is 0.271 e. The minimum atomic E-state index is -0.538. The van der Waals surface area contributed by atoms with Gasteiger partial charge in [-0.05, 0) is 37.5 Å². The highest BCUT2D eigenvalue weighted by Crippen LogP contribution is 2.29. The van der Waals surface area contributed by atoms with Crippen LogP contribution in [0.5, 0.6) is 0 Å². The van der Waals surface area contributed by atoms with E-state index in [-0.39, 0.29) is 22.4 Å². The van der Waals surface area contributed by atoms with Gasteiger partial charge in [0.05, 0.1) is 27.1 Å². The van der Waals surface area contributed by atoms with E-state index < -0.39 is 4.92 Å². The van der Waals surface area contributed by atoms with Crippen LogP contribution in [-0.2, 0) is 4.79 Å². The van der Waals surface area contributed by atoms with Crippen LogP contribution in [0.4, 0.5) is 17.3 Å². The van der Waals surface area contributed by atoms with Crippen LogP contribution in [0.25, 0.3) is 5.69 Å². The molecule has 166 valence electrons. The number of halogens is 1. The fourth-order valence-corrected chi connectivity index (χ4v) is 4.46. The van der Waals surface area contributed by atoms with Gasteiger partial charge in [0.1, 0.15) is 0 Å². The van der Waals surface area contributed by atoms with Gasteiger partial charge >= 0.3 is 0 Å². The van der Waals surface area contributed by atoms with Gasteiger partial charge in [0.25, 0.3) is 5.69 Å². The molecule has 1 N–H and O–H groups in total. The summed E-state index contributed by atoms with van der Waals surface area (Å²) in [4.78, 5) is 25.1. The molecule has 0 bridgehead atoms. The largest absolute Gasteiger partial charge is 0.341 e. The van der Waals surface area contributed by atoms with Crippen molar-refractivity contribution < 1.29 is 9.72 Å². The molecular formula is C21H21ClN6O3S. The Kier molecular flexibility index (Phi) is 6.91. The third kappa shape index (κ3) is 5.03. The number of hydrogen-bond donors (Lipinski definition) is 1. The molecule has 11 heteroatoms. The summed E-state index contributed by atoms with van der Waals surface area (Å²) in [6, 6.07) is 13.7. The fourth-order valence-electron chi connectivity index (χ4n) is 3.49. The van der Waals surface area contributed by atoms with E-state index >= 15 is 0 Å².